The monoisotopic (exact) mass is 453 g/mol. The van der Waals surface area contributed by atoms with Gasteiger partial charge in [0, 0.05) is 32.6 Å². The smallest absolute Gasteiger partial charge is 0.229 e. The summed E-state index contributed by atoms with van der Waals surface area (Å²) in [6, 6.07) is 7.63. The van der Waals surface area contributed by atoms with E-state index in [1.54, 1.807) is 17.5 Å². The molecular formula is C23H24ClN5OS. The van der Waals surface area contributed by atoms with Gasteiger partial charge < -0.3 is 5.32 Å². The Bertz CT molecular complexity index is 1240. The topological polar surface area (TPSA) is 72.2 Å². The van der Waals surface area contributed by atoms with E-state index in [0.29, 0.717) is 16.5 Å². The largest absolute Gasteiger partial charge is 0.330 e. The normalized spacial score (nSPS) is 14.7. The van der Waals surface area contributed by atoms with E-state index in [4.69, 9.17) is 16.6 Å². The molecule has 0 saturated carbocycles. The summed E-state index contributed by atoms with van der Waals surface area (Å²) in [5.41, 5.74) is 3.97. The van der Waals surface area contributed by atoms with Crippen LogP contribution in [0.2, 0.25) is 5.02 Å². The van der Waals surface area contributed by atoms with Crippen molar-refractivity contribution >= 4 is 40.3 Å². The molecule has 160 valence electrons. The van der Waals surface area contributed by atoms with Crippen molar-refractivity contribution in [3.8, 4) is 5.00 Å². The molecule has 8 heteroatoms. The maximum Gasteiger partial charge on any atom is 0.229 e. The predicted molar refractivity (Wildman–Crippen MR) is 126 cm³/mol. The summed E-state index contributed by atoms with van der Waals surface area (Å²) in [4.78, 5) is 18.7. The van der Waals surface area contributed by atoms with Crippen LogP contribution in [-0.2, 0) is 4.79 Å². The van der Waals surface area contributed by atoms with Crippen LogP contribution < -0.4 is 5.32 Å². The second kappa shape index (κ2) is 7.73. The van der Waals surface area contributed by atoms with Gasteiger partial charge in [0.15, 0.2) is 5.82 Å². The number of hydrogen-bond donors (Lipinski definition) is 1. The van der Waals surface area contributed by atoms with Gasteiger partial charge in [0.2, 0.25) is 5.91 Å². The zero-order valence-electron chi connectivity index (χ0n) is 18.4. The molecule has 6 nitrogen and oxygen atoms in total. The van der Waals surface area contributed by atoms with Gasteiger partial charge in [0.05, 0.1) is 5.71 Å². The number of aliphatic imine (C=N–C) groups is 1. The zero-order valence-corrected chi connectivity index (χ0v) is 19.9. The van der Waals surface area contributed by atoms with Crippen LogP contribution in [0.5, 0.6) is 0 Å². The fourth-order valence-corrected chi connectivity index (χ4v) is 4.64. The standard InChI is InChI=1S/C23H24ClN5OS/c1-12-13(2)31-21-18(12)19(15-7-9-16(24)10-8-15)26-17(11-25-22(30)23(4,5)6)20-28-27-14(3)29(20)21/h7-11H,1-6H3,(H,25,30)/b17-11-. The molecule has 1 aromatic carbocycles. The van der Waals surface area contributed by atoms with Crippen LogP contribution in [0.15, 0.2) is 35.5 Å². The summed E-state index contributed by atoms with van der Waals surface area (Å²) in [5, 5.41) is 13.3. The lowest BCUT2D eigenvalue weighted by Gasteiger charge is -2.16. The summed E-state index contributed by atoms with van der Waals surface area (Å²) in [6.45, 7) is 11.7. The van der Waals surface area contributed by atoms with E-state index in [9.17, 15) is 4.79 Å². The Kier molecular flexibility index (Phi) is 5.35. The number of hydrogen-bond acceptors (Lipinski definition) is 5. The minimum absolute atomic E-state index is 0.0999. The molecule has 3 heterocycles. The second-order valence-corrected chi connectivity index (χ2v) is 10.2. The van der Waals surface area contributed by atoms with Crippen molar-refractivity contribution in [1.82, 2.24) is 20.1 Å². The Labute approximate surface area is 190 Å². The van der Waals surface area contributed by atoms with E-state index in [1.807, 2.05) is 56.5 Å². The molecular weight excluding hydrogens is 430 g/mol. The minimum Gasteiger partial charge on any atom is -0.330 e. The molecule has 1 aliphatic heterocycles. The molecule has 0 fully saturated rings. The molecule has 1 N–H and O–H groups in total. The van der Waals surface area contributed by atoms with Crippen molar-refractivity contribution in [3.63, 3.8) is 0 Å². The SMILES string of the molecule is Cc1sc2c(c1C)C(c1ccc(Cl)cc1)=N/C(=C\NC(=O)C(C)(C)C)c1nnc(C)n1-2. The third kappa shape index (κ3) is 3.83. The van der Waals surface area contributed by atoms with Gasteiger partial charge in [0.25, 0.3) is 0 Å². The van der Waals surface area contributed by atoms with E-state index in [0.717, 1.165) is 33.2 Å². The number of carbonyl (C=O) groups is 1. The minimum atomic E-state index is -0.527. The number of carbonyl (C=O) groups excluding carboxylic acids is 1. The molecule has 4 rings (SSSR count). The van der Waals surface area contributed by atoms with E-state index in [2.05, 4.69) is 29.4 Å². The molecule has 0 unspecified atom stereocenters. The van der Waals surface area contributed by atoms with Gasteiger partial charge in [-0.3, -0.25) is 9.36 Å². The fourth-order valence-electron chi connectivity index (χ4n) is 3.31. The van der Waals surface area contributed by atoms with Gasteiger partial charge in [-0.25, -0.2) is 4.99 Å². The molecule has 0 bridgehead atoms. The summed E-state index contributed by atoms with van der Waals surface area (Å²) in [6.07, 6.45) is 1.63. The molecule has 0 aliphatic carbocycles. The van der Waals surface area contributed by atoms with Crippen LogP contribution in [0.25, 0.3) is 10.7 Å². The molecule has 0 atom stereocenters. The van der Waals surface area contributed by atoms with Crippen LogP contribution in [0, 0.1) is 26.2 Å². The van der Waals surface area contributed by atoms with E-state index < -0.39 is 5.41 Å². The van der Waals surface area contributed by atoms with Crippen LogP contribution in [0.4, 0.5) is 0 Å². The number of halogens is 1. The number of amides is 1. The van der Waals surface area contributed by atoms with Crippen molar-refractivity contribution in [2.45, 2.75) is 41.5 Å². The van der Waals surface area contributed by atoms with Gasteiger partial charge in [-0.15, -0.1) is 21.5 Å². The Balaban J connectivity index is 1.98. The van der Waals surface area contributed by atoms with Crippen LogP contribution in [0.1, 0.15) is 54.0 Å². The van der Waals surface area contributed by atoms with Crippen LogP contribution in [0.3, 0.4) is 0 Å². The van der Waals surface area contributed by atoms with Gasteiger partial charge in [0.1, 0.15) is 16.5 Å². The number of rotatable bonds is 2. The molecule has 0 radical (unpaired) electrons. The number of nitrogens with zero attached hydrogens (tertiary/aromatic N) is 4. The van der Waals surface area contributed by atoms with E-state index in [-0.39, 0.29) is 5.91 Å². The number of aromatic nitrogens is 3. The van der Waals surface area contributed by atoms with Gasteiger partial charge in [-0.05, 0) is 38.5 Å². The quantitative estimate of drug-likeness (QED) is 0.578. The Hall–Kier alpha value is -2.77. The van der Waals surface area contributed by atoms with Crippen molar-refractivity contribution in [2.75, 3.05) is 0 Å². The van der Waals surface area contributed by atoms with Crippen molar-refractivity contribution < 1.29 is 4.79 Å². The van der Waals surface area contributed by atoms with Gasteiger partial charge in [-0.2, -0.15) is 0 Å². The summed E-state index contributed by atoms with van der Waals surface area (Å²) < 4.78 is 2.02. The summed E-state index contributed by atoms with van der Waals surface area (Å²) in [7, 11) is 0. The Morgan fingerprint density at radius 3 is 2.45 bits per heavy atom. The number of thiophene rings is 1. The Morgan fingerprint density at radius 2 is 1.81 bits per heavy atom. The molecule has 3 aromatic rings. The molecule has 1 aliphatic rings. The molecule has 0 saturated heterocycles. The first-order chi connectivity index (χ1) is 14.6. The molecule has 2 aromatic heterocycles. The summed E-state index contributed by atoms with van der Waals surface area (Å²) >= 11 is 7.82. The van der Waals surface area contributed by atoms with E-state index >= 15 is 0 Å². The lowest BCUT2D eigenvalue weighted by atomic mass is 9.96. The first-order valence-electron chi connectivity index (χ1n) is 9.97. The van der Waals surface area contributed by atoms with Crippen molar-refractivity contribution in [2.24, 2.45) is 10.4 Å². The highest BCUT2D eigenvalue weighted by molar-refractivity contribution is 7.15. The highest BCUT2D eigenvalue weighted by Gasteiger charge is 2.29. The Morgan fingerprint density at radius 1 is 1.13 bits per heavy atom. The van der Waals surface area contributed by atoms with Gasteiger partial charge >= 0.3 is 0 Å². The lowest BCUT2D eigenvalue weighted by molar-refractivity contribution is -0.127. The average molecular weight is 454 g/mol. The predicted octanol–water partition coefficient (Wildman–Crippen LogP) is 5.22. The number of nitrogens with one attached hydrogen (secondary N) is 1. The third-order valence-electron chi connectivity index (χ3n) is 5.23. The van der Waals surface area contributed by atoms with Gasteiger partial charge in [-0.1, -0.05) is 44.5 Å². The first kappa shape index (κ1) is 21.5. The zero-order chi connectivity index (χ0) is 22.5. The summed E-state index contributed by atoms with van der Waals surface area (Å²) in [5.74, 6) is 1.26. The molecule has 31 heavy (non-hydrogen) atoms. The van der Waals surface area contributed by atoms with Crippen LogP contribution >= 0.6 is 22.9 Å². The maximum absolute atomic E-state index is 12.5. The molecule has 1 amide bonds. The molecule has 0 spiro atoms. The highest BCUT2D eigenvalue weighted by atomic mass is 35.5. The number of benzene rings is 1. The van der Waals surface area contributed by atoms with E-state index in [1.165, 1.54) is 4.88 Å². The average Bonchev–Trinajstić information content (AvgIpc) is 3.17. The first-order valence-corrected chi connectivity index (χ1v) is 11.2. The lowest BCUT2D eigenvalue weighted by Crippen LogP contribution is -2.31. The van der Waals surface area contributed by atoms with Crippen molar-refractivity contribution in [1.29, 1.82) is 0 Å². The van der Waals surface area contributed by atoms with Crippen LogP contribution in [-0.4, -0.2) is 26.4 Å². The van der Waals surface area contributed by atoms with Crippen molar-refractivity contribution in [3.05, 3.63) is 68.7 Å². The number of aryl methyl sites for hydroxylation is 2. The highest BCUT2D eigenvalue weighted by Crippen LogP contribution is 2.38. The fraction of sp³-hybridized carbons (Fsp3) is 0.304. The maximum atomic E-state index is 12.5. The second-order valence-electron chi connectivity index (χ2n) is 8.59. The number of fused-ring (bicyclic) bond motifs is 3. The third-order valence-corrected chi connectivity index (χ3v) is 6.68.